The quantitative estimate of drug-likeness (QED) is 0.868. The maximum absolute atomic E-state index is 12.3. The van der Waals surface area contributed by atoms with Crippen LogP contribution in [0, 0.1) is 23.7 Å². The molecule has 4 aliphatic carbocycles. The van der Waals surface area contributed by atoms with Gasteiger partial charge in [0.2, 0.25) is 0 Å². The molecule has 4 heteroatoms. The Balaban J connectivity index is 1.50. The first-order valence-corrected chi connectivity index (χ1v) is 7.64. The lowest BCUT2D eigenvalue weighted by Crippen LogP contribution is -2.55. The van der Waals surface area contributed by atoms with E-state index in [2.05, 4.69) is 10.3 Å². The third-order valence-corrected chi connectivity index (χ3v) is 5.51. The Kier molecular flexibility index (Phi) is 2.72. The minimum atomic E-state index is -0.0918. The average Bonchev–Trinajstić information content (AvgIpc) is 2.42. The third kappa shape index (κ3) is 1.98. The van der Waals surface area contributed by atoms with Gasteiger partial charge in [0.1, 0.15) is 5.75 Å². The summed E-state index contributed by atoms with van der Waals surface area (Å²) in [4.78, 5) is 16.2. The number of carbonyl (C=O) groups excluding carboxylic acids is 1. The fourth-order valence-electron chi connectivity index (χ4n) is 4.95. The Morgan fingerprint density at radius 3 is 2.35 bits per heavy atom. The van der Waals surface area contributed by atoms with Crippen LogP contribution in [0.3, 0.4) is 0 Å². The lowest BCUT2D eigenvalue weighted by atomic mass is 9.54. The zero-order valence-electron chi connectivity index (χ0n) is 11.5. The number of hydrogen-bond acceptors (Lipinski definition) is 3. The van der Waals surface area contributed by atoms with E-state index in [1.165, 1.54) is 50.6 Å². The van der Waals surface area contributed by atoms with Crippen LogP contribution < -0.4 is 5.32 Å². The second-order valence-corrected chi connectivity index (χ2v) is 6.86. The van der Waals surface area contributed by atoms with Crippen LogP contribution in [0.25, 0.3) is 0 Å². The first-order chi connectivity index (χ1) is 9.69. The van der Waals surface area contributed by atoms with Crippen LogP contribution in [0.1, 0.15) is 42.5 Å². The van der Waals surface area contributed by atoms with Crippen molar-refractivity contribution in [3.05, 3.63) is 24.0 Å². The maximum atomic E-state index is 12.3. The highest BCUT2D eigenvalue weighted by molar-refractivity contribution is 5.94. The zero-order chi connectivity index (χ0) is 13.7. The highest BCUT2D eigenvalue weighted by Gasteiger charge is 2.48. The van der Waals surface area contributed by atoms with Crippen molar-refractivity contribution in [3.8, 4) is 5.75 Å². The Labute approximate surface area is 118 Å². The molecule has 4 nitrogen and oxygen atoms in total. The number of rotatable bonds is 2. The van der Waals surface area contributed by atoms with Gasteiger partial charge in [0.05, 0.1) is 11.8 Å². The molecule has 106 valence electrons. The number of nitrogens with zero attached hydrogens (tertiary/aromatic N) is 1. The molecule has 1 aromatic rings. The van der Waals surface area contributed by atoms with Crippen molar-refractivity contribution in [2.45, 2.75) is 38.1 Å². The van der Waals surface area contributed by atoms with E-state index in [0.717, 1.165) is 11.8 Å². The lowest BCUT2D eigenvalue weighted by Gasteiger charge is -2.54. The number of carbonyl (C=O) groups is 1. The van der Waals surface area contributed by atoms with E-state index in [0.29, 0.717) is 23.4 Å². The van der Waals surface area contributed by atoms with Crippen molar-refractivity contribution in [3.63, 3.8) is 0 Å². The fourth-order valence-corrected chi connectivity index (χ4v) is 4.95. The van der Waals surface area contributed by atoms with Crippen LogP contribution in [-0.4, -0.2) is 22.0 Å². The minimum absolute atomic E-state index is 0.0442. The highest BCUT2D eigenvalue weighted by Crippen LogP contribution is 2.53. The van der Waals surface area contributed by atoms with Crippen LogP contribution in [0.15, 0.2) is 18.5 Å². The monoisotopic (exact) mass is 272 g/mol. The predicted octanol–water partition coefficient (Wildman–Crippen LogP) is 2.34. The SMILES string of the molecule is O=C(NC1C2CC3CC(C2)CC1C3)c1cncc(O)c1. The smallest absolute Gasteiger partial charge is 0.253 e. The Bertz CT molecular complexity index is 515. The highest BCUT2D eigenvalue weighted by atomic mass is 16.3. The molecule has 20 heavy (non-hydrogen) atoms. The van der Waals surface area contributed by atoms with Gasteiger partial charge in [-0.1, -0.05) is 0 Å². The first-order valence-electron chi connectivity index (χ1n) is 7.64. The van der Waals surface area contributed by atoms with Crippen molar-refractivity contribution in [2.24, 2.45) is 23.7 Å². The summed E-state index contributed by atoms with van der Waals surface area (Å²) >= 11 is 0. The Morgan fingerprint density at radius 2 is 1.75 bits per heavy atom. The van der Waals surface area contributed by atoms with Gasteiger partial charge in [-0.15, -0.1) is 0 Å². The molecule has 4 aliphatic rings. The van der Waals surface area contributed by atoms with E-state index < -0.39 is 0 Å². The molecule has 2 N–H and O–H groups in total. The Morgan fingerprint density at radius 1 is 1.10 bits per heavy atom. The summed E-state index contributed by atoms with van der Waals surface area (Å²) in [5, 5.41) is 12.6. The van der Waals surface area contributed by atoms with Crippen molar-refractivity contribution < 1.29 is 9.90 Å². The lowest BCUT2D eigenvalue weighted by molar-refractivity contribution is -0.0119. The zero-order valence-corrected chi connectivity index (χ0v) is 11.5. The predicted molar refractivity (Wildman–Crippen MR) is 74.2 cm³/mol. The molecule has 0 aliphatic heterocycles. The third-order valence-electron chi connectivity index (χ3n) is 5.51. The number of aromatic hydroxyl groups is 1. The van der Waals surface area contributed by atoms with E-state index in [1.807, 2.05) is 0 Å². The standard InChI is InChI=1S/C16H20N2O2/c19-14-6-13(7-17-8-14)16(20)18-15-11-2-9-1-10(4-11)5-12(15)3-9/h6-12,15,19H,1-5H2,(H,18,20). The summed E-state index contributed by atoms with van der Waals surface area (Å²) in [5.41, 5.74) is 0.457. The van der Waals surface area contributed by atoms with Gasteiger partial charge >= 0.3 is 0 Å². The molecule has 0 saturated heterocycles. The van der Waals surface area contributed by atoms with Crippen molar-refractivity contribution in [1.82, 2.24) is 10.3 Å². The molecule has 1 amide bonds. The molecular weight excluding hydrogens is 252 g/mol. The normalized spacial score (nSPS) is 37.9. The summed E-state index contributed by atoms with van der Waals surface area (Å²) < 4.78 is 0. The molecule has 4 bridgehead atoms. The van der Waals surface area contributed by atoms with Gasteiger partial charge in [0.25, 0.3) is 5.91 Å². The van der Waals surface area contributed by atoms with E-state index in [9.17, 15) is 9.90 Å². The van der Waals surface area contributed by atoms with Crippen molar-refractivity contribution in [2.75, 3.05) is 0 Å². The van der Waals surface area contributed by atoms with E-state index in [-0.39, 0.29) is 11.7 Å². The fraction of sp³-hybridized carbons (Fsp3) is 0.625. The van der Waals surface area contributed by atoms with Gasteiger partial charge in [-0.05, 0) is 61.8 Å². The first kappa shape index (κ1) is 12.2. The number of hydrogen-bond donors (Lipinski definition) is 2. The topological polar surface area (TPSA) is 62.2 Å². The van der Waals surface area contributed by atoms with Gasteiger partial charge < -0.3 is 10.4 Å². The van der Waals surface area contributed by atoms with Crippen LogP contribution >= 0.6 is 0 Å². The molecule has 4 fully saturated rings. The summed E-state index contributed by atoms with van der Waals surface area (Å²) in [6.07, 6.45) is 9.44. The minimum Gasteiger partial charge on any atom is -0.506 e. The molecular formula is C16H20N2O2. The van der Waals surface area contributed by atoms with Gasteiger partial charge in [0.15, 0.2) is 0 Å². The maximum Gasteiger partial charge on any atom is 0.253 e. The van der Waals surface area contributed by atoms with Crippen LogP contribution in [0.5, 0.6) is 5.75 Å². The average molecular weight is 272 g/mol. The van der Waals surface area contributed by atoms with Gasteiger partial charge in [-0.3, -0.25) is 9.78 Å². The number of nitrogens with one attached hydrogen (secondary N) is 1. The molecule has 4 saturated carbocycles. The molecule has 1 heterocycles. The van der Waals surface area contributed by atoms with Gasteiger partial charge in [0, 0.05) is 12.2 Å². The molecule has 0 aromatic carbocycles. The van der Waals surface area contributed by atoms with Crippen LogP contribution in [0.2, 0.25) is 0 Å². The van der Waals surface area contributed by atoms with E-state index in [4.69, 9.17) is 0 Å². The molecule has 0 atom stereocenters. The van der Waals surface area contributed by atoms with E-state index >= 15 is 0 Å². The molecule has 5 rings (SSSR count). The van der Waals surface area contributed by atoms with Crippen molar-refractivity contribution in [1.29, 1.82) is 0 Å². The van der Waals surface area contributed by atoms with Crippen LogP contribution in [0.4, 0.5) is 0 Å². The number of amides is 1. The van der Waals surface area contributed by atoms with E-state index in [1.54, 1.807) is 0 Å². The Hall–Kier alpha value is -1.58. The van der Waals surface area contributed by atoms with Crippen molar-refractivity contribution >= 4 is 5.91 Å². The van der Waals surface area contributed by atoms with Gasteiger partial charge in [-0.25, -0.2) is 0 Å². The molecule has 0 unspecified atom stereocenters. The molecule has 1 aromatic heterocycles. The van der Waals surface area contributed by atoms with Crippen LogP contribution in [-0.2, 0) is 0 Å². The second kappa shape index (κ2) is 4.47. The summed E-state index contributed by atoms with van der Waals surface area (Å²) in [5.74, 6) is 3.11. The summed E-state index contributed by atoms with van der Waals surface area (Å²) in [7, 11) is 0. The number of aromatic nitrogens is 1. The molecule has 0 radical (unpaired) electrons. The summed E-state index contributed by atoms with van der Waals surface area (Å²) in [6, 6.07) is 1.82. The summed E-state index contributed by atoms with van der Waals surface area (Å²) in [6.45, 7) is 0. The van der Waals surface area contributed by atoms with Gasteiger partial charge in [-0.2, -0.15) is 0 Å². The number of pyridine rings is 1. The largest absolute Gasteiger partial charge is 0.506 e. The second-order valence-electron chi connectivity index (χ2n) is 6.86. The molecule has 0 spiro atoms.